The highest BCUT2D eigenvalue weighted by Gasteiger charge is 2.40. The topological polar surface area (TPSA) is 138 Å². The van der Waals surface area contributed by atoms with Crippen LogP contribution in [0, 0.1) is 17.5 Å². The number of carbonyl (C=O) groups is 1. The van der Waals surface area contributed by atoms with E-state index >= 15 is 0 Å². The molecule has 45 heavy (non-hydrogen) atoms. The number of hydrogen-bond donors (Lipinski definition) is 4. The van der Waals surface area contributed by atoms with Crippen LogP contribution < -0.4 is 5.73 Å². The molecule has 3 aromatic carbocycles. The van der Waals surface area contributed by atoms with Crippen LogP contribution in [0.3, 0.4) is 0 Å². The van der Waals surface area contributed by atoms with Crippen LogP contribution >= 0.6 is 0 Å². The first-order valence-electron chi connectivity index (χ1n) is 13.4. The highest BCUT2D eigenvalue weighted by molar-refractivity contribution is 5.77. The van der Waals surface area contributed by atoms with Gasteiger partial charge in [0, 0.05) is 37.7 Å². The van der Waals surface area contributed by atoms with Crippen molar-refractivity contribution >= 4 is 18.1 Å². The Balaban J connectivity index is 0.000000231. The summed E-state index contributed by atoms with van der Waals surface area (Å²) in [6.07, 6.45) is -1.51. The van der Waals surface area contributed by atoms with Crippen LogP contribution in [-0.4, -0.2) is 53.5 Å². The zero-order valence-electron chi connectivity index (χ0n) is 23.3. The maximum atomic E-state index is 13.7. The van der Waals surface area contributed by atoms with Crippen molar-refractivity contribution in [1.29, 1.82) is 0 Å². The van der Waals surface area contributed by atoms with Crippen molar-refractivity contribution in [2.75, 3.05) is 6.54 Å². The molecule has 5 N–H and O–H groups in total. The van der Waals surface area contributed by atoms with Gasteiger partial charge in [-0.3, -0.25) is 4.79 Å². The van der Waals surface area contributed by atoms with E-state index in [0.29, 0.717) is 17.7 Å². The first kappa shape index (κ1) is 32.9. The number of nitrogens with zero attached hydrogens (tertiary/aromatic N) is 4. The zero-order chi connectivity index (χ0) is 32.9. The Morgan fingerprint density at radius 1 is 0.844 bits per heavy atom. The fourth-order valence-electron chi connectivity index (χ4n) is 4.50. The van der Waals surface area contributed by atoms with Gasteiger partial charge in [0.25, 0.3) is 0 Å². The molecule has 1 amide bonds. The van der Waals surface area contributed by atoms with Crippen molar-refractivity contribution in [3.63, 3.8) is 0 Å². The summed E-state index contributed by atoms with van der Waals surface area (Å²) in [7, 11) is 0. The molecule has 9 nitrogen and oxygen atoms in total. The highest BCUT2D eigenvalue weighted by atomic mass is 19.4. The molecular formula is C30H27F6N5O4. The van der Waals surface area contributed by atoms with Gasteiger partial charge in [0.1, 0.15) is 23.1 Å². The molecular weight excluding hydrogens is 608 g/mol. The maximum Gasteiger partial charge on any atom is 0.451 e. The van der Waals surface area contributed by atoms with E-state index in [1.54, 1.807) is 42.5 Å². The van der Waals surface area contributed by atoms with Crippen molar-refractivity contribution in [3.05, 3.63) is 100 Å². The zero-order valence-corrected chi connectivity index (χ0v) is 23.3. The Labute approximate surface area is 252 Å². The molecule has 0 fully saturated rings. The van der Waals surface area contributed by atoms with E-state index in [9.17, 15) is 41.4 Å². The molecule has 1 aliphatic heterocycles. The summed E-state index contributed by atoms with van der Waals surface area (Å²) in [5.41, 5.74) is 7.27. The van der Waals surface area contributed by atoms with Crippen LogP contribution in [-0.2, 0) is 30.5 Å². The monoisotopic (exact) mass is 635 g/mol. The van der Waals surface area contributed by atoms with Crippen molar-refractivity contribution in [1.82, 2.24) is 19.7 Å². The van der Waals surface area contributed by atoms with Crippen LogP contribution in [0.5, 0.6) is 17.2 Å². The third-order valence-corrected chi connectivity index (χ3v) is 6.65. The second kappa shape index (κ2) is 13.7. The maximum absolute atomic E-state index is 13.7. The Kier molecular flexibility index (Phi) is 10.0. The molecule has 5 rings (SSSR count). The summed E-state index contributed by atoms with van der Waals surface area (Å²) >= 11 is 0. The van der Waals surface area contributed by atoms with Crippen LogP contribution in [0.1, 0.15) is 34.8 Å². The minimum Gasteiger partial charge on any atom is -0.508 e. The standard InChI is InChI=1S/C16H15F6N5O.C14H12O3/c17-10-6-12(19)11(18)4-8(10)3-9(23)5-14(28)26-1-2-27-13(7-26)24-25-15(27)16(20,21)22;15-12-5-3-10(4-6-12)1-2-11-7-13(16)9-14(17)8-11/h4,6,9H,1-3,5,7,23H2;1-9,15-17H/b;2-1+/t9-;/m1./s1. The van der Waals surface area contributed by atoms with Gasteiger partial charge in [0.15, 0.2) is 17.5 Å². The van der Waals surface area contributed by atoms with Gasteiger partial charge in [-0.05, 0) is 53.4 Å². The molecule has 1 atom stereocenters. The van der Waals surface area contributed by atoms with E-state index in [-0.39, 0.29) is 61.1 Å². The van der Waals surface area contributed by atoms with Crippen LogP contribution in [0.15, 0.2) is 54.6 Å². The minimum absolute atomic E-state index is 0.000783. The number of phenolic OH excluding ortho intramolecular Hbond substituents is 3. The van der Waals surface area contributed by atoms with E-state index in [2.05, 4.69) is 10.2 Å². The summed E-state index contributed by atoms with van der Waals surface area (Å²) in [5.74, 6) is -4.88. The van der Waals surface area contributed by atoms with Gasteiger partial charge < -0.3 is 30.5 Å². The average molecular weight is 636 g/mol. The third-order valence-electron chi connectivity index (χ3n) is 6.65. The van der Waals surface area contributed by atoms with Gasteiger partial charge in [-0.2, -0.15) is 13.2 Å². The predicted molar refractivity (Wildman–Crippen MR) is 150 cm³/mol. The Hall–Kier alpha value is -5.05. The first-order valence-corrected chi connectivity index (χ1v) is 13.4. The summed E-state index contributed by atoms with van der Waals surface area (Å²) in [6.45, 7) is -0.302. The largest absolute Gasteiger partial charge is 0.508 e. The molecule has 1 aromatic heterocycles. The molecule has 0 aliphatic carbocycles. The molecule has 0 radical (unpaired) electrons. The van der Waals surface area contributed by atoms with Crippen molar-refractivity contribution in [2.24, 2.45) is 5.73 Å². The summed E-state index contributed by atoms with van der Waals surface area (Å²) in [6, 6.07) is 11.3. The molecule has 0 saturated carbocycles. The van der Waals surface area contributed by atoms with Gasteiger partial charge in [0.2, 0.25) is 11.7 Å². The normalized spacial score (nSPS) is 13.7. The third kappa shape index (κ3) is 8.75. The number of alkyl halides is 3. The number of amides is 1. The number of rotatable bonds is 6. The van der Waals surface area contributed by atoms with E-state index in [4.69, 9.17) is 10.8 Å². The number of nitrogens with two attached hydrogens (primary N) is 1. The van der Waals surface area contributed by atoms with Gasteiger partial charge in [-0.1, -0.05) is 24.3 Å². The molecule has 238 valence electrons. The number of aromatic nitrogens is 3. The smallest absolute Gasteiger partial charge is 0.451 e. The number of halogens is 6. The van der Waals surface area contributed by atoms with Crippen molar-refractivity contribution in [2.45, 2.75) is 38.1 Å². The molecule has 4 aromatic rings. The summed E-state index contributed by atoms with van der Waals surface area (Å²) < 4.78 is 79.3. The number of hydrogen-bond acceptors (Lipinski definition) is 7. The fraction of sp³-hybridized carbons (Fsp3) is 0.233. The number of fused-ring (bicyclic) bond motifs is 1. The molecule has 1 aliphatic rings. The number of carbonyl (C=O) groups excluding carboxylic acids is 1. The lowest BCUT2D eigenvalue weighted by Gasteiger charge is -2.29. The predicted octanol–water partition coefficient (Wildman–Crippen LogP) is 4.99. The SMILES string of the molecule is N[C@@H](CC(=O)N1CCn2c(nnc2C(F)(F)F)C1)Cc1cc(F)c(F)cc1F.Oc1ccc(/C=C/c2cc(O)cc(O)c2)cc1. The molecule has 0 bridgehead atoms. The van der Waals surface area contributed by atoms with E-state index in [1.807, 2.05) is 6.08 Å². The first-order chi connectivity index (χ1) is 21.2. The van der Waals surface area contributed by atoms with Gasteiger partial charge >= 0.3 is 6.18 Å². The summed E-state index contributed by atoms with van der Waals surface area (Å²) in [5, 5.41) is 34.3. The second-order valence-corrected chi connectivity index (χ2v) is 10.1. The van der Waals surface area contributed by atoms with Gasteiger partial charge in [0.05, 0.1) is 6.54 Å². The number of aromatic hydroxyl groups is 3. The molecule has 2 heterocycles. The molecule has 0 unspecified atom stereocenters. The lowest BCUT2D eigenvalue weighted by molar-refractivity contribution is -0.148. The van der Waals surface area contributed by atoms with Crippen LogP contribution in [0.25, 0.3) is 12.2 Å². The molecule has 0 spiro atoms. The van der Waals surface area contributed by atoms with Crippen LogP contribution in [0.2, 0.25) is 0 Å². The number of phenols is 3. The lowest BCUT2D eigenvalue weighted by Crippen LogP contribution is -2.42. The average Bonchev–Trinajstić information content (AvgIpc) is 3.40. The highest BCUT2D eigenvalue weighted by Crippen LogP contribution is 2.29. The molecule has 15 heteroatoms. The lowest BCUT2D eigenvalue weighted by atomic mass is 10.0. The van der Waals surface area contributed by atoms with Crippen molar-refractivity contribution in [3.8, 4) is 17.2 Å². The Morgan fingerprint density at radius 2 is 1.47 bits per heavy atom. The van der Waals surface area contributed by atoms with Crippen LogP contribution in [0.4, 0.5) is 26.3 Å². The number of benzene rings is 3. The van der Waals surface area contributed by atoms with E-state index < -0.39 is 41.4 Å². The Morgan fingerprint density at radius 3 is 2.11 bits per heavy atom. The molecule has 0 saturated heterocycles. The fourth-order valence-corrected chi connectivity index (χ4v) is 4.50. The quantitative estimate of drug-likeness (QED) is 0.133. The van der Waals surface area contributed by atoms with Crippen molar-refractivity contribution < 1.29 is 46.5 Å². The van der Waals surface area contributed by atoms with Gasteiger partial charge in [-0.15, -0.1) is 10.2 Å². The Bertz CT molecular complexity index is 1670. The second-order valence-electron chi connectivity index (χ2n) is 10.1. The van der Waals surface area contributed by atoms with E-state index in [0.717, 1.165) is 10.1 Å². The van der Waals surface area contributed by atoms with Gasteiger partial charge in [-0.25, -0.2) is 13.2 Å². The minimum atomic E-state index is -4.64. The van der Waals surface area contributed by atoms with E-state index in [1.165, 1.54) is 11.0 Å². The summed E-state index contributed by atoms with van der Waals surface area (Å²) in [4.78, 5) is 13.6.